The van der Waals surface area contributed by atoms with Gasteiger partial charge in [-0.3, -0.25) is 4.79 Å². The third-order valence-electron chi connectivity index (χ3n) is 5.82. The minimum atomic E-state index is -0.000990. The maximum Gasteiger partial charge on any atom is 0.268 e. The number of nitrogens with zero attached hydrogens (tertiary/aromatic N) is 1. The predicted octanol–water partition coefficient (Wildman–Crippen LogP) is 4.48. The summed E-state index contributed by atoms with van der Waals surface area (Å²) in [7, 11) is 1.94. The van der Waals surface area contributed by atoms with Crippen LogP contribution >= 0.6 is 0 Å². The van der Waals surface area contributed by atoms with Gasteiger partial charge in [-0.2, -0.15) is 0 Å². The number of carbonyl (C=O) groups excluding carboxylic acids is 1. The number of aryl methyl sites for hydroxylation is 1. The van der Waals surface area contributed by atoms with Gasteiger partial charge in [0, 0.05) is 24.5 Å². The molecular weight excluding hydrogens is 300 g/mol. The van der Waals surface area contributed by atoms with E-state index in [2.05, 4.69) is 19.2 Å². The summed E-state index contributed by atoms with van der Waals surface area (Å²) in [6, 6.07) is 10.1. The molecule has 4 heteroatoms. The molecule has 0 saturated heterocycles. The zero-order chi connectivity index (χ0) is 16.8. The van der Waals surface area contributed by atoms with Gasteiger partial charge < -0.3 is 14.3 Å². The second-order valence-electron chi connectivity index (χ2n) is 7.25. The van der Waals surface area contributed by atoms with E-state index in [1.807, 2.05) is 41.9 Å². The molecule has 3 atom stereocenters. The highest BCUT2D eigenvalue weighted by atomic mass is 16.3. The van der Waals surface area contributed by atoms with Gasteiger partial charge in [-0.15, -0.1) is 0 Å². The molecule has 1 fully saturated rings. The Bertz CT molecular complexity index is 905. The van der Waals surface area contributed by atoms with Crippen LogP contribution in [0.2, 0.25) is 0 Å². The van der Waals surface area contributed by atoms with Crippen molar-refractivity contribution >= 4 is 28.0 Å². The highest BCUT2D eigenvalue weighted by Crippen LogP contribution is 2.32. The molecule has 0 aliphatic heterocycles. The quantitative estimate of drug-likeness (QED) is 0.755. The lowest BCUT2D eigenvalue weighted by Gasteiger charge is -2.34. The first kappa shape index (κ1) is 15.3. The summed E-state index contributed by atoms with van der Waals surface area (Å²) in [5, 5.41) is 4.30. The van der Waals surface area contributed by atoms with Crippen molar-refractivity contribution in [3.05, 3.63) is 36.0 Å². The second kappa shape index (κ2) is 5.69. The van der Waals surface area contributed by atoms with Gasteiger partial charge in [0.2, 0.25) is 0 Å². The number of furan rings is 1. The normalized spacial score (nSPS) is 24.5. The summed E-state index contributed by atoms with van der Waals surface area (Å²) in [6.45, 7) is 4.53. The number of para-hydroxylation sites is 1. The van der Waals surface area contributed by atoms with Crippen molar-refractivity contribution in [1.82, 2.24) is 9.88 Å². The Kier molecular flexibility index (Phi) is 3.63. The van der Waals surface area contributed by atoms with Gasteiger partial charge in [0.1, 0.15) is 11.3 Å². The van der Waals surface area contributed by atoms with Crippen LogP contribution in [-0.4, -0.2) is 16.5 Å². The Morgan fingerprint density at radius 1 is 1.21 bits per heavy atom. The van der Waals surface area contributed by atoms with Crippen LogP contribution in [0.4, 0.5) is 0 Å². The van der Waals surface area contributed by atoms with Crippen LogP contribution in [0.5, 0.6) is 0 Å². The highest BCUT2D eigenvalue weighted by molar-refractivity contribution is 6.07. The molecule has 0 radical (unpaired) electrons. The van der Waals surface area contributed by atoms with E-state index >= 15 is 0 Å². The topological polar surface area (TPSA) is 47.2 Å². The fourth-order valence-corrected chi connectivity index (χ4v) is 4.08. The number of hydrogen-bond acceptors (Lipinski definition) is 2. The minimum absolute atomic E-state index is 0.000990. The molecule has 2 aromatic heterocycles. The van der Waals surface area contributed by atoms with Crippen LogP contribution < -0.4 is 5.32 Å². The fraction of sp³-hybridized carbons (Fsp3) is 0.450. The average Bonchev–Trinajstić information content (AvgIpc) is 3.08. The second-order valence-corrected chi connectivity index (χ2v) is 7.25. The SMILES string of the molecule is C[C@H]1[C@H](C)CCC[C@@H]1NC(=O)c1cc2oc3ccccc3c2n1C. The van der Waals surface area contributed by atoms with E-state index in [0.29, 0.717) is 17.5 Å². The van der Waals surface area contributed by atoms with Gasteiger partial charge in [0.15, 0.2) is 5.58 Å². The zero-order valence-corrected chi connectivity index (χ0v) is 14.5. The number of hydrogen-bond donors (Lipinski definition) is 1. The number of fused-ring (bicyclic) bond motifs is 3. The van der Waals surface area contributed by atoms with Crippen LogP contribution in [0.25, 0.3) is 22.1 Å². The summed E-state index contributed by atoms with van der Waals surface area (Å²) in [5.74, 6) is 1.18. The first-order chi connectivity index (χ1) is 11.6. The maximum absolute atomic E-state index is 12.8. The molecule has 0 spiro atoms. The molecule has 4 rings (SSSR count). The van der Waals surface area contributed by atoms with Crippen molar-refractivity contribution in [3.8, 4) is 0 Å². The highest BCUT2D eigenvalue weighted by Gasteiger charge is 2.29. The number of nitrogens with one attached hydrogen (secondary N) is 1. The van der Waals surface area contributed by atoms with Crippen molar-refractivity contribution in [3.63, 3.8) is 0 Å². The van der Waals surface area contributed by atoms with E-state index in [9.17, 15) is 4.79 Å². The van der Waals surface area contributed by atoms with E-state index in [0.717, 1.165) is 28.5 Å². The van der Waals surface area contributed by atoms with Crippen LogP contribution in [-0.2, 0) is 7.05 Å². The van der Waals surface area contributed by atoms with Crippen molar-refractivity contribution in [1.29, 1.82) is 0 Å². The summed E-state index contributed by atoms with van der Waals surface area (Å²) in [4.78, 5) is 12.8. The molecular formula is C20H24N2O2. The molecule has 0 bridgehead atoms. The summed E-state index contributed by atoms with van der Waals surface area (Å²) in [5.41, 5.74) is 3.29. The smallest absolute Gasteiger partial charge is 0.268 e. The lowest BCUT2D eigenvalue weighted by Crippen LogP contribution is -2.44. The Morgan fingerprint density at radius 2 is 2.00 bits per heavy atom. The molecule has 3 aromatic rings. The van der Waals surface area contributed by atoms with Crippen LogP contribution in [0.15, 0.2) is 34.7 Å². The zero-order valence-electron chi connectivity index (χ0n) is 14.5. The van der Waals surface area contributed by atoms with E-state index < -0.39 is 0 Å². The fourth-order valence-electron chi connectivity index (χ4n) is 4.08. The van der Waals surface area contributed by atoms with Gasteiger partial charge in [-0.05, 0) is 30.4 Å². The lowest BCUT2D eigenvalue weighted by atomic mass is 9.78. The lowest BCUT2D eigenvalue weighted by molar-refractivity contribution is 0.0883. The predicted molar refractivity (Wildman–Crippen MR) is 96.1 cm³/mol. The molecule has 2 heterocycles. The third kappa shape index (κ3) is 2.32. The number of rotatable bonds is 2. The molecule has 126 valence electrons. The molecule has 1 saturated carbocycles. The molecule has 1 aliphatic rings. The van der Waals surface area contributed by atoms with Crippen molar-refractivity contribution in [2.45, 2.75) is 39.2 Å². The Hall–Kier alpha value is -2.23. The van der Waals surface area contributed by atoms with Crippen molar-refractivity contribution in [2.24, 2.45) is 18.9 Å². The number of amides is 1. The van der Waals surface area contributed by atoms with Crippen LogP contribution in [0, 0.1) is 11.8 Å². The maximum atomic E-state index is 12.8. The molecule has 1 aliphatic carbocycles. The molecule has 1 aromatic carbocycles. The van der Waals surface area contributed by atoms with Gasteiger partial charge >= 0.3 is 0 Å². The molecule has 4 nitrogen and oxygen atoms in total. The summed E-state index contributed by atoms with van der Waals surface area (Å²) in [6.07, 6.45) is 3.52. The Morgan fingerprint density at radius 3 is 2.83 bits per heavy atom. The number of benzene rings is 1. The standard InChI is InChI=1S/C20H24N2O2/c1-12-7-6-9-15(13(12)2)21-20(23)16-11-18-19(22(16)3)14-8-4-5-10-17(14)24-18/h4-5,8,10-13,15H,6-7,9H2,1-3H3,(H,21,23)/t12-,13+,15+/m1/s1. The Labute approximate surface area is 141 Å². The molecule has 0 unspecified atom stereocenters. The molecule has 1 amide bonds. The van der Waals surface area contributed by atoms with E-state index in [-0.39, 0.29) is 11.9 Å². The first-order valence-electron chi connectivity index (χ1n) is 8.84. The first-order valence-corrected chi connectivity index (χ1v) is 8.84. The van der Waals surface area contributed by atoms with Crippen LogP contribution in [0.1, 0.15) is 43.6 Å². The van der Waals surface area contributed by atoms with E-state index in [4.69, 9.17) is 4.42 Å². The van der Waals surface area contributed by atoms with E-state index in [1.165, 1.54) is 12.8 Å². The third-order valence-corrected chi connectivity index (χ3v) is 5.82. The van der Waals surface area contributed by atoms with E-state index in [1.54, 1.807) is 0 Å². The van der Waals surface area contributed by atoms with Gasteiger partial charge in [0.25, 0.3) is 5.91 Å². The largest absolute Gasteiger partial charge is 0.454 e. The van der Waals surface area contributed by atoms with Gasteiger partial charge in [0.05, 0.1) is 5.52 Å². The summed E-state index contributed by atoms with van der Waals surface area (Å²) >= 11 is 0. The Balaban J connectivity index is 1.66. The van der Waals surface area contributed by atoms with Crippen LogP contribution in [0.3, 0.4) is 0 Å². The number of carbonyl (C=O) groups is 1. The van der Waals surface area contributed by atoms with Gasteiger partial charge in [-0.25, -0.2) is 0 Å². The molecule has 24 heavy (non-hydrogen) atoms. The minimum Gasteiger partial charge on any atom is -0.454 e. The van der Waals surface area contributed by atoms with Crippen molar-refractivity contribution < 1.29 is 9.21 Å². The van der Waals surface area contributed by atoms with Crippen molar-refractivity contribution in [2.75, 3.05) is 0 Å². The number of aromatic nitrogens is 1. The average molecular weight is 324 g/mol. The monoisotopic (exact) mass is 324 g/mol. The summed E-state index contributed by atoms with van der Waals surface area (Å²) < 4.78 is 7.84. The van der Waals surface area contributed by atoms with Gasteiger partial charge in [-0.1, -0.05) is 38.8 Å². The molecule has 1 N–H and O–H groups in total.